The molecule has 0 saturated carbocycles. The van der Waals surface area contributed by atoms with Crippen LogP contribution in [0.1, 0.15) is 35.4 Å². The van der Waals surface area contributed by atoms with Crippen molar-refractivity contribution in [2.24, 2.45) is 11.1 Å². The zero-order valence-electron chi connectivity index (χ0n) is 23.5. The first-order valence-corrected chi connectivity index (χ1v) is 14.3. The standard InChI is InChI=1S/C34H36N2O6/c37-34(38)42-36-18-17-31(32(23-36)33(35-39)22-26-11-12-27-9-4-5-10-29(27)21-26)28-13-15-30(16-14-28)41-20-6-19-40-24-25-7-2-1-3-8-25/h1-5,7-16,21,31-32,39H,6,17-20,22-24H2,(H,37,38)/b35-33-. The number of piperidine rings is 1. The molecule has 4 aromatic rings. The van der Waals surface area contributed by atoms with Gasteiger partial charge in [-0.3, -0.25) is 0 Å². The molecule has 1 fully saturated rings. The lowest BCUT2D eigenvalue weighted by Gasteiger charge is -2.37. The molecule has 2 N–H and O–H groups in total. The minimum Gasteiger partial charge on any atom is -0.494 e. The van der Waals surface area contributed by atoms with Gasteiger partial charge in [-0.25, -0.2) is 4.79 Å². The number of oxime groups is 1. The van der Waals surface area contributed by atoms with E-state index in [1.165, 1.54) is 5.06 Å². The number of hydrogen-bond donors (Lipinski definition) is 2. The number of rotatable bonds is 12. The summed E-state index contributed by atoms with van der Waals surface area (Å²) in [5.41, 5.74) is 3.84. The molecule has 1 aliphatic rings. The van der Waals surface area contributed by atoms with Crippen LogP contribution in [0.3, 0.4) is 0 Å². The van der Waals surface area contributed by atoms with Gasteiger partial charge in [0.2, 0.25) is 0 Å². The summed E-state index contributed by atoms with van der Waals surface area (Å²) in [6.07, 6.45) is 0.519. The van der Waals surface area contributed by atoms with Crippen molar-refractivity contribution < 1.29 is 29.4 Å². The summed E-state index contributed by atoms with van der Waals surface area (Å²) >= 11 is 0. The summed E-state index contributed by atoms with van der Waals surface area (Å²) < 4.78 is 11.7. The molecule has 2 atom stereocenters. The van der Waals surface area contributed by atoms with Crippen LogP contribution in [0.25, 0.3) is 10.8 Å². The molecule has 8 nitrogen and oxygen atoms in total. The second-order valence-corrected chi connectivity index (χ2v) is 10.5. The van der Waals surface area contributed by atoms with E-state index in [2.05, 4.69) is 29.4 Å². The number of benzene rings is 4. The summed E-state index contributed by atoms with van der Waals surface area (Å²) in [7, 11) is 0. The van der Waals surface area contributed by atoms with Gasteiger partial charge in [-0.05, 0) is 51.9 Å². The maximum absolute atomic E-state index is 11.3. The van der Waals surface area contributed by atoms with E-state index >= 15 is 0 Å². The van der Waals surface area contributed by atoms with Gasteiger partial charge in [0.1, 0.15) is 5.75 Å². The minimum atomic E-state index is -1.35. The predicted molar refractivity (Wildman–Crippen MR) is 161 cm³/mol. The quantitative estimate of drug-likeness (QED) is 0.0829. The second kappa shape index (κ2) is 14.5. The molecule has 218 valence electrons. The molecule has 0 radical (unpaired) electrons. The maximum atomic E-state index is 11.3. The second-order valence-electron chi connectivity index (χ2n) is 10.5. The highest BCUT2D eigenvalue weighted by molar-refractivity contribution is 5.91. The van der Waals surface area contributed by atoms with Crippen LogP contribution in [-0.2, 0) is 22.6 Å². The molecule has 0 aliphatic carbocycles. The number of fused-ring (bicyclic) bond motifs is 1. The molecule has 8 heteroatoms. The largest absolute Gasteiger partial charge is 0.525 e. The smallest absolute Gasteiger partial charge is 0.494 e. The zero-order valence-corrected chi connectivity index (χ0v) is 23.5. The summed E-state index contributed by atoms with van der Waals surface area (Å²) in [4.78, 5) is 16.3. The first kappa shape index (κ1) is 29.1. The van der Waals surface area contributed by atoms with Crippen molar-refractivity contribution in [1.82, 2.24) is 5.06 Å². The molecular weight excluding hydrogens is 532 g/mol. The predicted octanol–water partition coefficient (Wildman–Crippen LogP) is 6.91. The molecule has 4 aromatic carbocycles. The minimum absolute atomic E-state index is 0.0189. The third-order valence-corrected chi connectivity index (χ3v) is 7.66. The average molecular weight is 569 g/mol. The van der Waals surface area contributed by atoms with Gasteiger partial charge in [0.05, 0.1) is 25.5 Å². The van der Waals surface area contributed by atoms with Gasteiger partial charge >= 0.3 is 6.16 Å². The fourth-order valence-corrected chi connectivity index (χ4v) is 5.58. The van der Waals surface area contributed by atoms with Gasteiger partial charge < -0.3 is 24.6 Å². The molecule has 0 aromatic heterocycles. The Bertz CT molecular complexity index is 1470. The topological polar surface area (TPSA) is 101 Å². The van der Waals surface area contributed by atoms with Gasteiger partial charge in [-0.1, -0.05) is 90.1 Å². The van der Waals surface area contributed by atoms with Crippen LogP contribution in [0, 0.1) is 5.92 Å². The molecule has 0 bridgehead atoms. The van der Waals surface area contributed by atoms with Crippen LogP contribution in [0.5, 0.6) is 5.75 Å². The van der Waals surface area contributed by atoms with E-state index < -0.39 is 6.16 Å². The fraction of sp³-hybridized carbons (Fsp3) is 0.294. The molecule has 1 aliphatic heterocycles. The summed E-state index contributed by atoms with van der Waals surface area (Å²) in [5, 5.41) is 26.8. The van der Waals surface area contributed by atoms with Crippen LogP contribution < -0.4 is 4.74 Å². The normalized spacial score (nSPS) is 17.7. The first-order chi connectivity index (χ1) is 20.6. The van der Waals surface area contributed by atoms with Crippen molar-refractivity contribution >= 4 is 22.6 Å². The summed E-state index contributed by atoms with van der Waals surface area (Å²) in [5.74, 6) is 0.547. The molecule has 0 amide bonds. The van der Waals surface area contributed by atoms with E-state index in [0.717, 1.165) is 39.6 Å². The monoisotopic (exact) mass is 568 g/mol. The molecular formula is C34H36N2O6. The number of carbonyl (C=O) groups is 1. The van der Waals surface area contributed by atoms with Crippen LogP contribution in [0.4, 0.5) is 4.79 Å². The molecule has 1 heterocycles. The van der Waals surface area contributed by atoms with Crippen LogP contribution in [0.2, 0.25) is 0 Å². The highest BCUT2D eigenvalue weighted by atomic mass is 16.8. The van der Waals surface area contributed by atoms with Crippen molar-refractivity contribution in [1.29, 1.82) is 0 Å². The Morgan fingerprint density at radius 3 is 2.40 bits per heavy atom. The maximum Gasteiger partial charge on any atom is 0.525 e. The summed E-state index contributed by atoms with van der Waals surface area (Å²) in [6, 6.07) is 32.4. The number of carboxylic acid groups (broad SMARTS) is 1. The third kappa shape index (κ3) is 7.87. The lowest BCUT2D eigenvalue weighted by Crippen LogP contribution is -2.44. The van der Waals surface area contributed by atoms with E-state index in [9.17, 15) is 15.1 Å². The van der Waals surface area contributed by atoms with E-state index in [4.69, 9.17) is 14.3 Å². The fourth-order valence-electron chi connectivity index (χ4n) is 5.58. The Balaban J connectivity index is 1.22. The zero-order chi connectivity index (χ0) is 29.1. The van der Waals surface area contributed by atoms with Crippen LogP contribution in [-0.4, -0.2) is 53.5 Å². The number of ether oxygens (including phenoxy) is 2. The van der Waals surface area contributed by atoms with Crippen molar-refractivity contribution in [3.8, 4) is 5.75 Å². The van der Waals surface area contributed by atoms with Gasteiger partial charge in [0, 0.05) is 31.8 Å². The molecule has 2 unspecified atom stereocenters. The average Bonchev–Trinajstić information content (AvgIpc) is 3.02. The Morgan fingerprint density at radius 2 is 1.64 bits per heavy atom. The molecule has 0 spiro atoms. The number of hydrogen-bond acceptors (Lipinski definition) is 7. The van der Waals surface area contributed by atoms with Gasteiger partial charge in [0.25, 0.3) is 0 Å². The number of nitrogens with zero attached hydrogens (tertiary/aromatic N) is 2. The van der Waals surface area contributed by atoms with Gasteiger partial charge in [0.15, 0.2) is 0 Å². The van der Waals surface area contributed by atoms with E-state index in [1.54, 1.807) is 0 Å². The Morgan fingerprint density at radius 1 is 0.881 bits per heavy atom. The van der Waals surface area contributed by atoms with Gasteiger partial charge in [-0.15, -0.1) is 5.06 Å². The Labute approximate surface area is 245 Å². The van der Waals surface area contributed by atoms with E-state index in [1.807, 2.05) is 72.8 Å². The van der Waals surface area contributed by atoms with Crippen molar-refractivity contribution in [3.05, 3.63) is 114 Å². The number of hydroxylamine groups is 2. The lowest BCUT2D eigenvalue weighted by molar-refractivity contribution is -0.137. The lowest BCUT2D eigenvalue weighted by atomic mass is 9.77. The highest BCUT2D eigenvalue weighted by Crippen LogP contribution is 2.36. The van der Waals surface area contributed by atoms with Crippen LogP contribution >= 0.6 is 0 Å². The Kier molecular flexibility index (Phi) is 10.0. The third-order valence-electron chi connectivity index (χ3n) is 7.66. The Hall–Kier alpha value is -4.40. The SMILES string of the molecule is O=C(O)ON1CCC(c2ccc(OCCCOCc3ccccc3)cc2)C(/C(Cc2ccc3ccccc3c2)=N\O)C1. The van der Waals surface area contributed by atoms with Crippen molar-refractivity contribution in [3.63, 3.8) is 0 Å². The van der Waals surface area contributed by atoms with E-state index in [0.29, 0.717) is 51.5 Å². The molecule has 5 rings (SSSR count). The van der Waals surface area contributed by atoms with Crippen molar-refractivity contribution in [2.75, 3.05) is 26.3 Å². The first-order valence-electron chi connectivity index (χ1n) is 14.3. The highest BCUT2D eigenvalue weighted by Gasteiger charge is 2.36. The van der Waals surface area contributed by atoms with E-state index in [-0.39, 0.29) is 11.8 Å². The van der Waals surface area contributed by atoms with Crippen LogP contribution in [0.15, 0.2) is 102 Å². The molecule has 1 saturated heterocycles. The summed E-state index contributed by atoms with van der Waals surface area (Å²) in [6.45, 7) is 2.50. The van der Waals surface area contributed by atoms with Crippen molar-refractivity contribution in [2.45, 2.75) is 31.8 Å². The molecule has 42 heavy (non-hydrogen) atoms. The van der Waals surface area contributed by atoms with Gasteiger partial charge in [-0.2, -0.15) is 0 Å².